The Balaban J connectivity index is 1.58. The Morgan fingerprint density at radius 1 is 0.926 bits per heavy atom. The molecule has 0 spiro atoms. The maximum Gasteiger partial charge on any atom is 0.144 e. The highest BCUT2D eigenvalue weighted by atomic mass is 16.3. The van der Waals surface area contributed by atoms with Crippen LogP contribution in [-0.4, -0.2) is 4.98 Å². The number of rotatable bonds is 3. The van der Waals surface area contributed by atoms with Crippen LogP contribution >= 0.6 is 0 Å². The third-order valence-corrected chi connectivity index (χ3v) is 6.07. The minimum atomic E-state index is 0.832. The predicted octanol–water partition coefficient (Wildman–Crippen LogP) is 7.08. The van der Waals surface area contributed by atoms with E-state index in [0.717, 1.165) is 28.3 Å². The Morgan fingerprint density at radius 3 is 2.56 bits per heavy atom. The normalized spacial score (nSPS) is 15.6. The number of pyridine rings is 1. The van der Waals surface area contributed by atoms with Crippen LogP contribution in [-0.2, 0) is 6.42 Å². The molecule has 0 atom stereocenters. The highest BCUT2D eigenvalue weighted by Crippen LogP contribution is 2.36. The topological polar surface area (TPSA) is 26.0 Å². The maximum atomic E-state index is 6.32. The molecule has 4 aromatic rings. The summed E-state index contributed by atoms with van der Waals surface area (Å²) in [5.74, 6) is 0.832. The molecule has 2 nitrogen and oxygen atoms in total. The van der Waals surface area contributed by atoms with E-state index in [1.807, 2.05) is 6.20 Å². The van der Waals surface area contributed by atoms with Crippen molar-refractivity contribution in [1.29, 1.82) is 0 Å². The number of fused-ring (bicyclic) bond motifs is 3. The van der Waals surface area contributed by atoms with E-state index < -0.39 is 0 Å². The molecule has 1 saturated carbocycles. The molecule has 136 valence electrons. The second-order valence-corrected chi connectivity index (χ2v) is 7.99. The van der Waals surface area contributed by atoms with Crippen LogP contribution in [0.3, 0.4) is 0 Å². The van der Waals surface area contributed by atoms with Gasteiger partial charge < -0.3 is 4.42 Å². The molecule has 0 aliphatic heterocycles. The van der Waals surface area contributed by atoms with Crippen molar-refractivity contribution < 1.29 is 4.42 Å². The fourth-order valence-corrected chi connectivity index (χ4v) is 4.64. The number of para-hydroxylation sites is 2. The van der Waals surface area contributed by atoms with Crippen molar-refractivity contribution in [1.82, 2.24) is 4.98 Å². The van der Waals surface area contributed by atoms with Gasteiger partial charge >= 0.3 is 0 Å². The first-order valence-electron chi connectivity index (χ1n) is 10.2. The third-order valence-electron chi connectivity index (χ3n) is 6.07. The van der Waals surface area contributed by atoms with Crippen LogP contribution < -0.4 is 0 Å². The van der Waals surface area contributed by atoms with Crippen molar-refractivity contribution in [2.24, 2.45) is 5.92 Å². The van der Waals surface area contributed by atoms with E-state index in [-0.39, 0.29) is 0 Å². The van der Waals surface area contributed by atoms with Gasteiger partial charge in [-0.1, -0.05) is 62.4 Å². The third kappa shape index (κ3) is 3.03. The minimum absolute atomic E-state index is 0.832. The summed E-state index contributed by atoms with van der Waals surface area (Å²) in [5.41, 5.74) is 6.62. The van der Waals surface area contributed by atoms with Crippen LogP contribution in [0.5, 0.6) is 0 Å². The number of hydrogen-bond acceptors (Lipinski definition) is 2. The Bertz CT molecular complexity index is 1100. The molecule has 2 heterocycles. The monoisotopic (exact) mass is 355 g/mol. The van der Waals surface area contributed by atoms with Gasteiger partial charge in [-0.2, -0.15) is 0 Å². The molecule has 0 radical (unpaired) electrons. The summed E-state index contributed by atoms with van der Waals surface area (Å²) in [5, 5.41) is 2.36. The summed E-state index contributed by atoms with van der Waals surface area (Å²) in [6.45, 7) is 2.10. The number of benzene rings is 2. The lowest BCUT2D eigenvalue weighted by Crippen LogP contribution is -2.09. The number of hydrogen-bond donors (Lipinski definition) is 0. The highest BCUT2D eigenvalue weighted by molar-refractivity contribution is 6.09. The van der Waals surface area contributed by atoms with E-state index in [9.17, 15) is 0 Å². The lowest BCUT2D eigenvalue weighted by atomic mass is 9.85. The van der Waals surface area contributed by atoms with Crippen LogP contribution in [0.15, 0.2) is 59.1 Å². The van der Waals surface area contributed by atoms with Crippen LogP contribution in [0.2, 0.25) is 0 Å². The van der Waals surface area contributed by atoms with E-state index in [2.05, 4.69) is 60.4 Å². The molecule has 0 saturated heterocycles. The van der Waals surface area contributed by atoms with E-state index >= 15 is 0 Å². The molecular formula is C25H25NO. The second-order valence-electron chi connectivity index (χ2n) is 7.99. The zero-order chi connectivity index (χ0) is 18.2. The highest BCUT2D eigenvalue weighted by Gasteiger charge is 2.16. The molecule has 0 bridgehead atoms. The molecule has 5 rings (SSSR count). The summed E-state index contributed by atoms with van der Waals surface area (Å²) in [4.78, 5) is 4.69. The smallest absolute Gasteiger partial charge is 0.144 e. The predicted molar refractivity (Wildman–Crippen MR) is 112 cm³/mol. The lowest BCUT2D eigenvalue weighted by molar-refractivity contribution is 0.356. The van der Waals surface area contributed by atoms with E-state index in [1.165, 1.54) is 60.4 Å². The van der Waals surface area contributed by atoms with Gasteiger partial charge in [0.15, 0.2) is 0 Å². The SMILES string of the molecule is Cc1cccc2c1oc1c(-c3cc(CC4CCCCC4)ccn3)cccc12. The quantitative estimate of drug-likeness (QED) is 0.392. The zero-order valence-electron chi connectivity index (χ0n) is 15.9. The van der Waals surface area contributed by atoms with Crippen LogP contribution in [0, 0.1) is 12.8 Å². The van der Waals surface area contributed by atoms with Gasteiger partial charge in [0.1, 0.15) is 11.2 Å². The van der Waals surface area contributed by atoms with Crippen molar-refractivity contribution in [3.63, 3.8) is 0 Å². The fourth-order valence-electron chi connectivity index (χ4n) is 4.64. The molecule has 1 aliphatic carbocycles. The molecule has 2 aromatic carbocycles. The van der Waals surface area contributed by atoms with E-state index in [4.69, 9.17) is 4.42 Å². The van der Waals surface area contributed by atoms with E-state index in [1.54, 1.807) is 0 Å². The molecule has 0 N–H and O–H groups in total. The molecule has 0 unspecified atom stereocenters. The summed E-state index contributed by atoms with van der Waals surface area (Å²) in [7, 11) is 0. The Kier molecular flexibility index (Phi) is 4.20. The minimum Gasteiger partial charge on any atom is -0.455 e. The first kappa shape index (κ1) is 16.6. The Morgan fingerprint density at radius 2 is 1.70 bits per heavy atom. The van der Waals surface area contributed by atoms with Gasteiger partial charge in [0.25, 0.3) is 0 Å². The molecule has 2 aromatic heterocycles. The first-order chi connectivity index (χ1) is 13.3. The van der Waals surface area contributed by atoms with Gasteiger partial charge in [0.2, 0.25) is 0 Å². The number of furan rings is 1. The maximum absolute atomic E-state index is 6.32. The van der Waals surface area contributed by atoms with Crippen molar-refractivity contribution in [3.05, 3.63) is 65.9 Å². The average Bonchev–Trinajstić information content (AvgIpc) is 3.09. The summed E-state index contributed by atoms with van der Waals surface area (Å²) >= 11 is 0. The second kappa shape index (κ2) is 6.84. The number of nitrogens with zero attached hydrogens (tertiary/aromatic N) is 1. The van der Waals surface area contributed by atoms with Crippen molar-refractivity contribution in [2.75, 3.05) is 0 Å². The van der Waals surface area contributed by atoms with Crippen LogP contribution in [0.4, 0.5) is 0 Å². The molecule has 2 heteroatoms. The molecule has 27 heavy (non-hydrogen) atoms. The standard InChI is InChI=1S/C25H25NO/c1-17-7-5-10-20-21-11-6-12-22(25(21)27-24(17)20)23-16-19(13-14-26-23)15-18-8-3-2-4-9-18/h5-7,10-14,16,18H,2-4,8-9,15H2,1H3. The van der Waals surface area contributed by atoms with E-state index in [0.29, 0.717) is 0 Å². The summed E-state index contributed by atoms with van der Waals surface area (Å²) < 4.78 is 6.32. The summed E-state index contributed by atoms with van der Waals surface area (Å²) in [6.07, 6.45) is 10.1. The molecule has 1 fully saturated rings. The van der Waals surface area contributed by atoms with Gasteiger partial charge in [-0.25, -0.2) is 0 Å². The Labute approximate surface area is 160 Å². The number of aromatic nitrogens is 1. The number of aryl methyl sites for hydroxylation is 1. The van der Waals surface area contributed by atoms with Crippen LogP contribution in [0.1, 0.15) is 43.2 Å². The van der Waals surface area contributed by atoms with Gasteiger partial charge in [-0.05, 0) is 48.6 Å². The first-order valence-corrected chi connectivity index (χ1v) is 10.2. The van der Waals surface area contributed by atoms with Crippen molar-refractivity contribution in [3.8, 4) is 11.3 Å². The molecular weight excluding hydrogens is 330 g/mol. The largest absolute Gasteiger partial charge is 0.455 e. The fraction of sp³-hybridized carbons (Fsp3) is 0.320. The molecule has 0 amide bonds. The van der Waals surface area contributed by atoms with Crippen LogP contribution in [0.25, 0.3) is 33.2 Å². The molecule has 1 aliphatic rings. The van der Waals surface area contributed by atoms with Gasteiger partial charge in [0, 0.05) is 22.5 Å². The lowest BCUT2D eigenvalue weighted by Gasteiger charge is -2.21. The van der Waals surface area contributed by atoms with Crippen molar-refractivity contribution >= 4 is 21.9 Å². The van der Waals surface area contributed by atoms with Crippen molar-refractivity contribution in [2.45, 2.75) is 45.4 Å². The summed E-state index contributed by atoms with van der Waals surface area (Å²) in [6, 6.07) is 17.2. The zero-order valence-corrected chi connectivity index (χ0v) is 15.9. The average molecular weight is 355 g/mol. The van der Waals surface area contributed by atoms with Gasteiger partial charge in [-0.15, -0.1) is 0 Å². The van der Waals surface area contributed by atoms with Gasteiger partial charge in [-0.3, -0.25) is 4.98 Å². The van der Waals surface area contributed by atoms with Gasteiger partial charge in [0.05, 0.1) is 5.69 Å². The Hall–Kier alpha value is -2.61.